The number of fused-ring (bicyclic) bond motifs is 1. The third-order valence-corrected chi connectivity index (χ3v) is 5.74. The maximum Gasteiger partial charge on any atom is 0.343 e. The normalized spacial score (nSPS) is 10.7. The number of benzene rings is 2. The molecule has 0 unspecified atom stereocenters. The van der Waals surface area contributed by atoms with E-state index in [1.807, 2.05) is 0 Å². The largest absolute Gasteiger partial charge is 0.497 e. The van der Waals surface area contributed by atoms with Crippen molar-refractivity contribution in [2.45, 2.75) is 6.92 Å². The molecule has 198 valence electrons. The number of aromatic nitrogens is 2. The van der Waals surface area contributed by atoms with Crippen LogP contribution in [0.1, 0.15) is 17.3 Å². The van der Waals surface area contributed by atoms with Crippen LogP contribution in [0.15, 0.2) is 54.7 Å². The minimum Gasteiger partial charge on any atom is -0.497 e. The Morgan fingerprint density at radius 3 is 2.34 bits per heavy atom. The fourth-order valence-electron chi connectivity index (χ4n) is 3.74. The number of ether oxygens (including phenoxy) is 5. The van der Waals surface area contributed by atoms with Crippen LogP contribution >= 0.6 is 11.6 Å². The zero-order valence-electron chi connectivity index (χ0n) is 21.2. The van der Waals surface area contributed by atoms with Crippen molar-refractivity contribution < 1.29 is 33.3 Å². The van der Waals surface area contributed by atoms with Crippen LogP contribution in [-0.4, -0.2) is 55.8 Å². The predicted molar refractivity (Wildman–Crippen MR) is 142 cm³/mol. The second kappa shape index (κ2) is 11.7. The Hall–Kier alpha value is -4.44. The highest BCUT2D eigenvalue weighted by Gasteiger charge is 2.20. The first-order valence-electron chi connectivity index (χ1n) is 11.6. The summed E-state index contributed by atoms with van der Waals surface area (Å²) in [4.78, 5) is 29.6. The summed E-state index contributed by atoms with van der Waals surface area (Å²) < 4.78 is 28.4. The number of rotatable bonds is 10. The van der Waals surface area contributed by atoms with Crippen LogP contribution in [0, 0.1) is 0 Å². The molecule has 0 radical (unpaired) electrons. The number of hydrogen-bond acceptors (Lipinski definition) is 9. The van der Waals surface area contributed by atoms with Gasteiger partial charge in [0.05, 0.1) is 38.5 Å². The van der Waals surface area contributed by atoms with Crippen molar-refractivity contribution in [1.82, 2.24) is 9.38 Å². The number of pyridine rings is 1. The number of anilines is 1. The molecular weight excluding hydrogens is 514 g/mol. The van der Waals surface area contributed by atoms with Crippen LogP contribution in [0.5, 0.6) is 23.0 Å². The van der Waals surface area contributed by atoms with Crippen LogP contribution in [0.2, 0.25) is 5.02 Å². The van der Waals surface area contributed by atoms with Gasteiger partial charge in [-0.15, -0.1) is 0 Å². The molecular formula is C27H26ClN3O7. The van der Waals surface area contributed by atoms with Crippen molar-refractivity contribution in [2.24, 2.45) is 0 Å². The first kappa shape index (κ1) is 26.6. The molecule has 0 saturated heterocycles. The number of carbonyl (C=O) groups is 2. The Kier molecular flexibility index (Phi) is 8.22. The van der Waals surface area contributed by atoms with E-state index in [4.69, 9.17) is 40.3 Å². The van der Waals surface area contributed by atoms with E-state index in [0.717, 1.165) is 0 Å². The number of methoxy groups -OCH3 is 3. The van der Waals surface area contributed by atoms with Crippen LogP contribution in [0.4, 0.5) is 5.82 Å². The average molecular weight is 540 g/mol. The standard InChI is InChI=1S/C27H26ClN3O7/c1-5-37-24(32)14-29-26-25(30-23-9-7-18(28)15-31(23)26)16-6-8-21(22(12-16)36-4)38-27(33)17-10-19(34-2)13-20(11-17)35-3/h6-13,15,29H,5,14H2,1-4H3. The molecule has 0 aliphatic heterocycles. The van der Waals surface area contributed by atoms with Crippen molar-refractivity contribution in [1.29, 1.82) is 0 Å². The first-order valence-corrected chi connectivity index (χ1v) is 11.9. The van der Waals surface area contributed by atoms with Crippen molar-refractivity contribution >= 4 is 35.0 Å². The van der Waals surface area contributed by atoms with E-state index in [-0.39, 0.29) is 24.5 Å². The molecule has 10 nitrogen and oxygen atoms in total. The van der Waals surface area contributed by atoms with Crippen LogP contribution < -0.4 is 24.3 Å². The van der Waals surface area contributed by atoms with Gasteiger partial charge in [0.1, 0.15) is 35.2 Å². The maximum absolute atomic E-state index is 12.9. The third kappa shape index (κ3) is 5.76. The maximum atomic E-state index is 12.9. The van der Waals surface area contributed by atoms with Gasteiger partial charge in [-0.2, -0.15) is 0 Å². The summed E-state index contributed by atoms with van der Waals surface area (Å²) >= 11 is 6.21. The highest BCUT2D eigenvalue weighted by Crippen LogP contribution is 2.36. The molecule has 4 aromatic rings. The van der Waals surface area contributed by atoms with Gasteiger partial charge in [-0.25, -0.2) is 9.78 Å². The van der Waals surface area contributed by atoms with E-state index in [1.165, 1.54) is 21.3 Å². The summed E-state index contributed by atoms with van der Waals surface area (Å²) in [5, 5.41) is 3.59. The van der Waals surface area contributed by atoms with Crippen LogP contribution in [0.3, 0.4) is 0 Å². The monoisotopic (exact) mass is 539 g/mol. The molecule has 2 heterocycles. The fourth-order valence-corrected chi connectivity index (χ4v) is 3.90. The van der Waals surface area contributed by atoms with Crippen LogP contribution in [-0.2, 0) is 9.53 Å². The zero-order chi connectivity index (χ0) is 27.2. The lowest BCUT2D eigenvalue weighted by molar-refractivity contribution is -0.140. The Labute approximate surface area is 224 Å². The summed E-state index contributed by atoms with van der Waals surface area (Å²) in [6.45, 7) is 1.94. The molecule has 1 N–H and O–H groups in total. The van der Waals surface area contributed by atoms with Gasteiger partial charge in [0.25, 0.3) is 0 Å². The number of nitrogens with zero attached hydrogens (tertiary/aromatic N) is 2. The van der Waals surface area contributed by atoms with Crippen molar-refractivity contribution in [3.63, 3.8) is 0 Å². The molecule has 0 aliphatic carbocycles. The average Bonchev–Trinajstić information content (AvgIpc) is 3.29. The van der Waals surface area contributed by atoms with E-state index < -0.39 is 11.9 Å². The molecule has 4 rings (SSSR count). The van der Waals surface area contributed by atoms with Crippen molar-refractivity contribution in [2.75, 3.05) is 39.8 Å². The van der Waals surface area contributed by atoms with Gasteiger partial charge in [-0.3, -0.25) is 9.20 Å². The highest BCUT2D eigenvalue weighted by atomic mass is 35.5. The molecule has 11 heteroatoms. The molecule has 0 spiro atoms. The molecule has 0 amide bonds. The van der Waals surface area contributed by atoms with Crippen molar-refractivity contribution in [3.8, 4) is 34.3 Å². The zero-order valence-corrected chi connectivity index (χ0v) is 22.0. The second-order valence-electron chi connectivity index (χ2n) is 7.90. The van der Waals surface area contributed by atoms with E-state index >= 15 is 0 Å². The Bertz CT molecular complexity index is 1460. The second-order valence-corrected chi connectivity index (χ2v) is 8.34. The predicted octanol–water partition coefficient (Wildman–Crippen LogP) is 4.87. The number of halogens is 1. The lowest BCUT2D eigenvalue weighted by Crippen LogP contribution is -2.17. The fraction of sp³-hybridized carbons (Fsp3) is 0.222. The lowest BCUT2D eigenvalue weighted by Gasteiger charge is -2.13. The first-order chi connectivity index (χ1) is 18.4. The molecule has 2 aromatic carbocycles. The molecule has 2 aromatic heterocycles. The van der Waals surface area contributed by atoms with Gasteiger partial charge in [-0.05, 0) is 49.4 Å². The van der Waals surface area contributed by atoms with Gasteiger partial charge >= 0.3 is 11.9 Å². The topological polar surface area (TPSA) is 110 Å². The smallest absolute Gasteiger partial charge is 0.343 e. The molecule has 38 heavy (non-hydrogen) atoms. The van der Waals surface area contributed by atoms with Crippen LogP contribution in [0.25, 0.3) is 16.9 Å². The molecule has 0 aliphatic rings. The van der Waals surface area contributed by atoms with E-state index in [1.54, 1.807) is 66.1 Å². The number of esters is 2. The summed E-state index contributed by atoms with van der Waals surface area (Å²) in [5.41, 5.74) is 2.04. The van der Waals surface area contributed by atoms with E-state index in [0.29, 0.717) is 45.0 Å². The molecule has 0 atom stereocenters. The quantitative estimate of drug-likeness (QED) is 0.223. The summed E-state index contributed by atoms with van der Waals surface area (Å²) in [6, 6.07) is 13.3. The molecule has 0 saturated carbocycles. The number of hydrogen-bond donors (Lipinski definition) is 1. The number of carbonyl (C=O) groups excluding carboxylic acids is 2. The SMILES string of the molecule is CCOC(=O)CNc1c(-c2ccc(OC(=O)c3cc(OC)cc(OC)c3)c(OC)c2)nc2ccc(Cl)cn12. The minimum absolute atomic E-state index is 0.0714. The summed E-state index contributed by atoms with van der Waals surface area (Å²) in [7, 11) is 4.46. The van der Waals surface area contributed by atoms with Gasteiger partial charge in [0, 0.05) is 17.8 Å². The Balaban J connectivity index is 1.68. The highest BCUT2D eigenvalue weighted by molar-refractivity contribution is 6.30. The lowest BCUT2D eigenvalue weighted by atomic mass is 10.1. The van der Waals surface area contributed by atoms with Gasteiger partial charge in [-0.1, -0.05) is 11.6 Å². The third-order valence-electron chi connectivity index (χ3n) is 5.51. The molecule has 0 bridgehead atoms. The van der Waals surface area contributed by atoms with Gasteiger partial charge < -0.3 is 29.0 Å². The molecule has 0 fully saturated rings. The van der Waals surface area contributed by atoms with Gasteiger partial charge in [0.15, 0.2) is 11.5 Å². The van der Waals surface area contributed by atoms with Gasteiger partial charge in [0.2, 0.25) is 0 Å². The number of imidazole rings is 1. The Morgan fingerprint density at radius 1 is 0.947 bits per heavy atom. The minimum atomic E-state index is -0.618. The summed E-state index contributed by atoms with van der Waals surface area (Å²) in [6.07, 6.45) is 1.69. The summed E-state index contributed by atoms with van der Waals surface area (Å²) in [5.74, 6) is 0.914. The number of nitrogens with one attached hydrogen (secondary N) is 1. The van der Waals surface area contributed by atoms with E-state index in [2.05, 4.69) is 5.32 Å². The Morgan fingerprint density at radius 2 is 1.68 bits per heavy atom. The van der Waals surface area contributed by atoms with E-state index in [9.17, 15) is 9.59 Å². The van der Waals surface area contributed by atoms with Crippen molar-refractivity contribution in [3.05, 3.63) is 65.3 Å².